The lowest BCUT2D eigenvalue weighted by atomic mass is 10.0. The Balaban J connectivity index is 1.43. The monoisotopic (exact) mass is 530 g/mol. The zero-order chi connectivity index (χ0) is 26.6. The molecule has 5 nitrogen and oxygen atoms in total. The van der Waals surface area contributed by atoms with Gasteiger partial charge in [-0.2, -0.15) is 0 Å². The average molecular weight is 531 g/mol. The second kappa shape index (κ2) is 10.7. The molecule has 0 aromatic heterocycles. The van der Waals surface area contributed by atoms with Gasteiger partial charge in [-0.1, -0.05) is 59.8 Å². The smallest absolute Gasteiger partial charge is 0.343 e. The summed E-state index contributed by atoms with van der Waals surface area (Å²) < 4.78 is 30.2. The van der Waals surface area contributed by atoms with Crippen LogP contribution in [0.15, 0.2) is 118 Å². The van der Waals surface area contributed by atoms with Gasteiger partial charge < -0.3 is 4.74 Å². The third kappa shape index (κ3) is 5.84. The standard InChI is InChI=1S/C30H26O5S2/c1-21-9-19-27(20-10-21)37(33,34)30(2,3)28(31)22-11-15-25(16-12-22)36-26-17-13-24(14-18-26)35-29(32)23-7-5-4-6-8-23/h4-20H,1-3H3. The van der Waals surface area contributed by atoms with E-state index in [2.05, 4.69) is 0 Å². The first-order valence-corrected chi connectivity index (χ1v) is 13.9. The molecule has 0 radical (unpaired) electrons. The fourth-order valence-electron chi connectivity index (χ4n) is 3.61. The largest absolute Gasteiger partial charge is 0.423 e. The average Bonchev–Trinajstić information content (AvgIpc) is 2.90. The van der Waals surface area contributed by atoms with Gasteiger partial charge in [0.25, 0.3) is 0 Å². The summed E-state index contributed by atoms with van der Waals surface area (Å²) in [6.07, 6.45) is 0. The van der Waals surface area contributed by atoms with Gasteiger partial charge in [0.05, 0.1) is 10.5 Å². The number of carbonyl (C=O) groups excluding carboxylic acids is 2. The molecule has 0 aliphatic heterocycles. The summed E-state index contributed by atoms with van der Waals surface area (Å²) in [6.45, 7) is 4.76. The molecule has 4 aromatic rings. The van der Waals surface area contributed by atoms with E-state index in [1.54, 1.807) is 72.8 Å². The fraction of sp³-hybridized carbons (Fsp3) is 0.133. The quantitative estimate of drug-likeness (QED) is 0.142. The van der Waals surface area contributed by atoms with Crippen LogP contribution in [-0.4, -0.2) is 24.9 Å². The molecule has 0 fully saturated rings. The van der Waals surface area contributed by atoms with Crippen LogP contribution in [0.5, 0.6) is 5.75 Å². The number of carbonyl (C=O) groups is 2. The Kier molecular flexibility index (Phi) is 7.66. The van der Waals surface area contributed by atoms with Crippen molar-refractivity contribution in [3.8, 4) is 5.75 Å². The number of hydrogen-bond acceptors (Lipinski definition) is 6. The number of Topliss-reactive ketones (excluding diaryl/α,β-unsaturated/α-hetero) is 1. The second-order valence-corrected chi connectivity index (χ2v) is 12.7. The molecule has 0 spiro atoms. The van der Waals surface area contributed by atoms with Crippen molar-refractivity contribution in [3.63, 3.8) is 0 Å². The van der Waals surface area contributed by atoms with E-state index in [1.807, 2.05) is 25.1 Å². The molecule has 0 N–H and O–H groups in total. The molecule has 0 aliphatic carbocycles. The molecule has 4 rings (SSSR count). The number of sulfone groups is 1. The number of aryl methyl sites for hydroxylation is 1. The van der Waals surface area contributed by atoms with Crippen molar-refractivity contribution in [2.45, 2.75) is 40.2 Å². The third-order valence-corrected chi connectivity index (χ3v) is 9.38. The highest BCUT2D eigenvalue weighted by atomic mass is 32.2. The minimum Gasteiger partial charge on any atom is -0.423 e. The van der Waals surface area contributed by atoms with Crippen LogP contribution in [0.2, 0.25) is 0 Å². The van der Waals surface area contributed by atoms with E-state index in [0.717, 1.165) is 15.4 Å². The van der Waals surface area contributed by atoms with Crippen molar-refractivity contribution >= 4 is 33.4 Å². The molecule has 0 saturated heterocycles. The summed E-state index contributed by atoms with van der Waals surface area (Å²) in [5, 5.41) is 0. The number of benzene rings is 4. The van der Waals surface area contributed by atoms with E-state index in [0.29, 0.717) is 16.9 Å². The molecule has 0 aliphatic rings. The van der Waals surface area contributed by atoms with Gasteiger partial charge in [0, 0.05) is 15.4 Å². The molecule has 4 aromatic carbocycles. The molecule has 0 unspecified atom stereocenters. The lowest BCUT2D eigenvalue weighted by Crippen LogP contribution is -2.40. The fourth-order valence-corrected chi connectivity index (χ4v) is 5.87. The predicted octanol–water partition coefficient (Wildman–Crippen LogP) is 6.80. The lowest BCUT2D eigenvalue weighted by molar-refractivity contribution is 0.0734. The van der Waals surface area contributed by atoms with Crippen LogP contribution in [-0.2, 0) is 9.84 Å². The van der Waals surface area contributed by atoms with Crippen molar-refractivity contribution in [1.82, 2.24) is 0 Å². The Morgan fingerprint density at radius 1 is 0.703 bits per heavy atom. The topological polar surface area (TPSA) is 77.5 Å². The Hall–Kier alpha value is -3.68. The summed E-state index contributed by atoms with van der Waals surface area (Å²) in [5.41, 5.74) is 1.75. The zero-order valence-electron chi connectivity index (χ0n) is 20.7. The molecule has 0 bridgehead atoms. The third-order valence-electron chi connectivity index (χ3n) is 5.95. The van der Waals surface area contributed by atoms with E-state index in [1.165, 1.54) is 37.7 Å². The summed E-state index contributed by atoms with van der Waals surface area (Å²) in [7, 11) is -3.88. The molecule has 188 valence electrons. The van der Waals surface area contributed by atoms with Gasteiger partial charge in [0.2, 0.25) is 0 Å². The van der Waals surface area contributed by atoms with Crippen molar-refractivity contribution in [2.75, 3.05) is 0 Å². The number of esters is 1. The highest BCUT2D eigenvalue weighted by Crippen LogP contribution is 2.32. The van der Waals surface area contributed by atoms with Crippen LogP contribution in [0, 0.1) is 6.92 Å². The van der Waals surface area contributed by atoms with Crippen LogP contribution in [0.25, 0.3) is 0 Å². The van der Waals surface area contributed by atoms with Crippen molar-refractivity contribution < 1.29 is 22.7 Å². The summed E-state index contributed by atoms with van der Waals surface area (Å²) in [5.74, 6) is -0.445. The van der Waals surface area contributed by atoms with E-state index < -0.39 is 26.3 Å². The SMILES string of the molecule is Cc1ccc(S(=O)(=O)C(C)(C)C(=O)c2ccc(Sc3ccc(OC(=O)c4ccccc4)cc3)cc2)cc1. The Morgan fingerprint density at radius 3 is 1.81 bits per heavy atom. The molecule has 7 heteroatoms. The van der Waals surface area contributed by atoms with Crippen molar-refractivity contribution in [1.29, 1.82) is 0 Å². The van der Waals surface area contributed by atoms with Crippen LogP contribution < -0.4 is 4.74 Å². The molecule has 37 heavy (non-hydrogen) atoms. The first kappa shape index (κ1) is 26.4. The molecule has 0 amide bonds. The Morgan fingerprint density at radius 2 is 1.24 bits per heavy atom. The molecular formula is C30H26O5S2. The maximum atomic E-state index is 13.2. The second-order valence-electron chi connectivity index (χ2n) is 9.01. The van der Waals surface area contributed by atoms with Crippen molar-refractivity contribution in [2.24, 2.45) is 0 Å². The minimum atomic E-state index is -3.88. The van der Waals surface area contributed by atoms with Crippen LogP contribution in [0.4, 0.5) is 0 Å². The van der Waals surface area contributed by atoms with Gasteiger partial charge in [-0.15, -0.1) is 0 Å². The van der Waals surface area contributed by atoms with Gasteiger partial charge in [0.1, 0.15) is 10.5 Å². The van der Waals surface area contributed by atoms with Gasteiger partial charge in [0.15, 0.2) is 15.6 Å². The predicted molar refractivity (Wildman–Crippen MR) is 145 cm³/mol. The number of ether oxygens (including phenoxy) is 1. The highest BCUT2D eigenvalue weighted by molar-refractivity contribution is 7.99. The number of hydrogen-bond donors (Lipinski definition) is 0. The minimum absolute atomic E-state index is 0.126. The first-order valence-electron chi connectivity index (χ1n) is 11.6. The van der Waals surface area contributed by atoms with E-state index in [-0.39, 0.29) is 4.90 Å². The van der Waals surface area contributed by atoms with E-state index >= 15 is 0 Å². The Bertz CT molecular complexity index is 1510. The highest BCUT2D eigenvalue weighted by Gasteiger charge is 2.43. The summed E-state index contributed by atoms with van der Waals surface area (Å²) >= 11 is 1.47. The molecule has 0 atom stereocenters. The van der Waals surface area contributed by atoms with E-state index in [4.69, 9.17) is 4.74 Å². The normalized spacial score (nSPS) is 11.6. The number of rotatable bonds is 8. The van der Waals surface area contributed by atoms with Gasteiger partial charge in [-0.3, -0.25) is 4.79 Å². The molecule has 0 saturated carbocycles. The van der Waals surface area contributed by atoms with Crippen LogP contribution in [0.3, 0.4) is 0 Å². The maximum absolute atomic E-state index is 13.2. The molecular weight excluding hydrogens is 504 g/mol. The summed E-state index contributed by atoms with van der Waals surface area (Å²) in [4.78, 5) is 27.4. The lowest BCUT2D eigenvalue weighted by Gasteiger charge is -2.23. The van der Waals surface area contributed by atoms with Gasteiger partial charge >= 0.3 is 5.97 Å². The zero-order valence-corrected chi connectivity index (χ0v) is 22.3. The van der Waals surface area contributed by atoms with Crippen LogP contribution >= 0.6 is 11.8 Å². The first-order chi connectivity index (χ1) is 17.6. The van der Waals surface area contributed by atoms with Crippen molar-refractivity contribution in [3.05, 3.63) is 120 Å². The number of ketones is 1. The summed E-state index contributed by atoms with van der Waals surface area (Å²) in [6, 6.07) is 29.3. The van der Waals surface area contributed by atoms with E-state index in [9.17, 15) is 18.0 Å². The Labute approximate surface area is 221 Å². The molecule has 0 heterocycles. The maximum Gasteiger partial charge on any atom is 0.343 e. The van der Waals surface area contributed by atoms with Crippen LogP contribution in [0.1, 0.15) is 40.1 Å². The van der Waals surface area contributed by atoms with Gasteiger partial charge in [-0.05, 0) is 81.4 Å². The van der Waals surface area contributed by atoms with Gasteiger partial charge in [-0.25, -0.2) is 13.2 Å².